The van der Waals surface area contributed by atoms with Crippen LogP contribution >= 0.6 is 0 Å². The highest BCUT2D eigenvalue weighted by Gasteiger charge is 2.24. The fraction of sp³-hybridized carbons (Fsp3) is 0.286. The molecule has 1 amide bonds. The van der Waals surface area contributed by atoms with Crippen LogP contribution in [0.4, 0.5) is 9.59 Å². The quantitative estimate of drug-likeness (QED) is 0.132. The molecule has 0 saturated heterocycles. The Morgan fingerprint density at radius 1 is 0.638 bits per heavy atom. The van der Waals surface area contributed by atoms with E-state index in [1.807, 2.05) is 84.7 Å². The number of hydrogen-bond acceptors (Lipinski definition) is 10. The van der Waals surface area contributed by atoms with Crippen molar-refractivity contribution in [3.05, 3.63) is 175 Å². The zero-order chi connectivity index (χ0) is 48.2. The normalized spacial score (nSPS) is 13.5. The summed E-state index contributed by atoms with van der Waals surface area (Å²) < 4.78 is 19.7. The minimum absolute atomic E-state index is 0.0750. The number of nitrogens with one attached hydrogen (secondary N) is 1. The first-order valence-corrected chi connectivity index (χ1v) is 23.5. The van der Waals surface area contributed by atoms with Crippen molar-refractivity contribution in [1.29, 1.82) is 10.5 Å². The molecule has 0 unspecified atom stereocenters. The molecular weight excluding hydrogens is 865 g/mol. The number of amides is 1. The zero-order valence-corrected chi connectivity index (χ0v) is 39.2. The Kier molecular flexibility index (Phi) is 17.9. The van der Waals surface area contributed by atoms with Crippen molar-refractivity contribution in [1.82, 2.24) is 29.3 Å². The van der Waals surface area contributed by atoms with Gasteiger partial charge in [-0.2, -0.15) is 10.5 Å². The maximum Gasteiger partial charge on any atom is 0.424 e. The van der Waals surface area contributed by atoms with E-state index in [1.165, 1.54) is 66.8 Å². The van der Waals surface area contributed by atoms with Crippen molar-refractivity contribution >= 4 is 12.1 Å². The Bertz CT molecular complexity index is 2800. The summed E-state index contributed by atoms with van der Waals surface area (Å²) in [5.41, 5.74) is 5.55. The average Bonchev–Trinajstić information content (AvgIpc) is 4.13. The van der Waals surface area contributed by atoms with E-state index in [9.17, 15) is 20.1 Å². The van der Waals surface area contributed by atoms with E-state index in [0.717, 1.165) is 35.6 Å². The monoisotopic (exact) mass is 922 g/mol. The molecule has 2 aliphatic carbocycles. The van der Waals surface area contributed by atoms with Crippen molar-refractivity contribution in [3.8, 4) is 51.9 Å². The van der Waals surface area contributed by atoms with Crippen LogP contribution in [0.1, 0.15) is 86.5 Å². The summed E-state index contributed by atoms with van der Waals surface area (Å²) >= 11 is 0. The fourth-order valence-corrected chi connectivity index (χ4v) is 8.26. The number of nitrogens with zero attached hydrogens (tertiary/aromatic N) is 7. The molecular formula is C56H58N8O5. The molecule has 0 radical (unpaired) electrons. The lowest BCUT2D eigenvalue weighted by Crippen LogP contribution is -2.40. The summed E-state index contributed by atoms with van der Waals surface area (Å²) in [5.74, 6) is 1.47. The second-order valence-corrected chi connectivity index (χ2v) is 17.0. The Balaban J connectivity index is 0.000000176. The minimum Gasteiger partial charge on any atom is -0.488 e. The number of para-hydroxylation sites is 1. The molecule has 0 aliphatic heterocycles. The van der Waals surface area contributed by atoms with Gasteiger partial charge in [0.2, 0.25) is 0 Å². The van der Waals surface area contributed by atoms with E-state index in [-0.39, 0.29) is 6.03 Å². The molecule has 0 spiro atoms. The first-order valence-electron chi connectivity index (χ1n) is 23.5. The third kappa shape index (κ3) is 14.0. The molecule has 2 saturated carbocycles. The number of ether oxygens (including phenoxy) is 3. The van der Waals surface area contributed by atoms with Gasteiger partial charge in [-0.3, -0.25) is 4.57 Å². The van der Waals surface area contributed by atoms with Gasteiger partial charge in [0, 0.05) is 42.7 Å². The maximum atomic E-state index is 12.9. The van der Waals surface area contributed by atoms with Crippen LogP contribution in [0.25, 0.3) is 22.5 Å². The van der Waals surface area contributed by atoms with Gasteiger partial charge < -0.3 is 24.4 Å². The second kappa shape index (κ2) is 25.2. The van der Waals surface area contributed by atoms with Gasteiger partial charge in [-0.1, -0.05) is 117 Å². The second-order valence-electron chi connectivity index (χ2n) is 17.0. The Morgan fingerprint density at radius 2 is 1.10 bits per heavy atom. The first-order chi connectivity index (χ1) is 33.8. The van der Waals surface area contributed by atoms with Crippen molar-refractivity contribution < 1.29 is 23.8 Å². The molecule has 13 nitrogen and oxygen atoms in total. The molecule has 7 aromatic rings. The topological polar surface area (TPSA) is 160 Å². The van der Waals surface area contributed by atoms with Crippen molar-refractivity contribution in [2.75, 3.05) is 14.1 Å². The van der Waals surface area contributed by atoms with Crippen LogP contribution in [0.5, 0.6) is 17.2 Å². The molecule has 1 N–H and O–H groups in total. The summed E-state index contributed by atoms with van der Waals surface area (Å²) in [6.45, 7) is 0.764. The molecule has 352 valence electrons. The number of imidazole rings is 2. The number of aromatic nitrogens is 4. The summed E-state index contributed by atoms with van der Waals surface area (Å²) in [4.78, 5) is 35.6. The summed E-state index contributed by atoms with van der Waals surface area (Å²) in [7, 11) is 3.93. The number of carbonyl (C=O) groups is 2. The SMILES string of the molecule is CN(C(=O)n1cnc(-c2ccc(OCc3ccccc3)c(C#N)c2)c1)C1CCCCC1.CNC1CCCCC1.N#Cc1cc(-c2cn(C(=O)Oc3ccccc3)cn2)ccc1OCc1ccccc1. The van der Waals surface area contributed by atoms with Gasteiger partial charge in [-0.15, -0.1) is 0 Å². The number of benzene rings is 5. The lowest BCUT2D eigenvalue weighted by Gasteiger charge is -2.31. The average molecular weight is 923 g/mol. The van der Waals surface area contributed by atoms with E-state index in [2.05, 4.69) is 34.5 Å². The van der Waals surface area contributed by atoms with Gasteiger partial charge in [-0.25, -0.2) is 24.1 Å². The molecule has 69 heavy (non-hydrogen) atoms. The Morgan fingerprint density at radius 3 is 1.58 bits per heavy atom. The van der Waals surface area contributed by atoms with Gasteiger partial charge in [0.1, 0.15) is 55.3 Å². The summed E-state index contributed by atoms with van der Waals surface area (Å²) in [6.07, 6.45) is 18.5. The highest BCUT2D eigenvalue weighted by molar-refractivity contribution is 5.78. The molecule has 2 aromatic heterocycles. The highest BCUT2D eigenvalue weighted by atomic mass is 16.6. The third-order valence-corrected chi connectivity index (χ3v) is 12.2. The zero-order valence-electron chi connectivity index (χ0n) is 39.2. The van der Waals surface area contributed by atoms with Gasteiger partial charge in [-0.05, 0) is 92.4 Å². The van der Waals surface area contributed by atoms with Crippen LogP contribution in [0.15, 0.2) is 152 Å². The predicted molar refractivity (Wildman–Crippen MR) is 266 cm³/mol. The van der Waals surface area contributed by atoms with E-state index in [0.29, 0.717) is 64.6 Å². The molecule has 2 fully saturated rings. The van der Waals surface area contributed by atoms with E-state index in [4.69, 9.17) is 14.2 Å². The van der Waals surface area contributed by atoms with Gasteiger partial charge in [0.25, 0.3) is 0 Å². The number of rotatable bonds is 11. The number of carbonyl (C=O) groups excluding carboxylic acids is 2. The van der Waals surface area contributed by atoms with Crippen LogP contribution in [0.3, 0.4) is 0 Å². The lowest BCUT2D eigenvalue weighted by atomic mass is 9.95. The van der Waals surface area contributed by atoms with Crippen molar-refractivity contribution in [3.63, 3.8) is 0 Å². The van der Waals surface area contributed by atoms with Crippen LogP contribution < -0.4 is 19.5 Å². The number of hydrogen-bond donors (Lipinski definition) is 1. The number of nitriles is 2. The van der Waals surface area contributed by atoms with E-state index >= 15 is 0 Å². The maximum absolute atomic E-state index is 12.9. The summed E-state index contributed by atoms with van der Waals surface area (Å²) in [5, 5.41) is 22.4. The lowest BCUT2D eigenvalue weighted by molar-refractivity contribution is 0.175. The summed E-state index contributed by atoms with van der Waals surface area (Å²) in [6, 6.07) is 44.4. The van der Waals surface area contributed by atoms with E-state index < -0.39 is 6.09 Å². The van der Waals surface area contributed by atoms with Crippen molar-refractivity contribution in [2.45, 2.75) is 89.5 Å². The Labute approximate surface area is 404 Å². The minimum atomic E-state index is -0.566. The molecule has 2 aliphatic rings. The van der Waals surface area contributed by atoms with E-state index in [1.54, 1.807) is 73.3 Å². The standard InChI is InChI=1S/C25H26N4O2.C24H17N3O3.C7H15N/c1-28(22-10-6-3-7-11-22)25(30)29-16-23(27-18-29)20-12-13-24(21(14-20)15-26)31-17-19-8-4-2-5-9-19;25-14-20-13-19(11-12-23(20)29-16-18-7-3-1-4-8-18)22-15-27(17-26-22)24(28)30-21-9-5-2-6-10-21;1-8-7-5-3-2-4-6-7/h2,4-5,8-9,12-14,16,18,22H,3,6-7,10-11,17H2,1H3;1-13,15,17H,16H2;7-8H,2-6H2,1H3. The molecule has 13 heteroatoms. The molecule has 9 rings (SSSR count). The predicted octanol–water partition coefficient (Wildman–Crippen LogP) is 11.8. The van der Waals surface area contributed by atoms with Crippen LogP contribution in [0, 0.1) is 22.7 Å². The van der Waals surface area contributed by atoms with Crippen LogP contribution in [-0.4, -0.2) is 62.3 Å². The largest absolute Gasteiger partial charge is 0.488 e. The smallest absolute Gasteiger partial charge is 0.424 e. The van der Waals surface area contributed by atoms with Gasteiger partial charge >= 0.3 is 12.1 Å². The van der Waals surface area contributed by atoms with Gasteiger partial charge in [0.05, 0.1) is 22.5 Å². The molecule has 0 bridgehead atoms. The highest BCUT2D eigenvalue weighted by Crippen LogP contribution is 2.29. The van der Waals surface area contributed by atoms with Crippen LogP contribution in [0.2, 0.25) is 0 Å². The molecule has 5 aromatic carbocycles. The van der Waals surface area contributed by atoms with Gasteiger partial charge in [0.15, 0.2) is 0 Å². The molecule has 2 heterocycles. The Hall–Kier alpha value is -8.00. The third-order valence-electron chi connectivity index (χ3n) is 12.2. The fourth-order valence-electron chi connectivity index (χ4n) is 8.26. The van der Waals surface area contributed by atoms with Crippen molar-refractivity contribution in [2.24, 2.45) is 0 Å². The first kappa shape index (κ1) is 48.9. The molecule has 0 atom stereocenters. The van der Waals surface area contributed by atoms with Crippen LogP contribution in [-0.2, 0) is 13.2 Å².